The van der Waals surface area contributed by atoms with Gasteiger partial charge in [-0.15, -0.1) is 0 Å². The molecule has 0 unspecified atom stereocenters. The maximum Gasteiger partial charge on any atom is 0.233 e. The Bertz CT molecular complexity index is 1020. The number of amides is 2. The van der Waals surface area contributed by atoms with E-state index in [4.69, 9.17) is 4.74 Å². The first-order valence-corrected chi connectivity index (χ1v) is 10.3. The van der Waals surface area contributed by atoms with Gasteiger partial charge in [0.1, 0.15) is 11.6 Å². The van der Waals surface area contributed by atoms with E-state index in [1.807, 2.05) is 72.8 Å². The van der Waals surface area contributed by atoms with Crippen LogP contribution in [0.4, 0.5) is 5.82 Å². The first-order valence-electron chi connectivity index (χ1n) is 10.3. The number of carbonyl (C=O) groups is 2. The first-order chi connectivity index (χ1) is 15.1. The lowest BCUT2D eigenvalue weighted by Gasteiger charge is -2.25. The molecule has 2 heterocycles. The average Bonchev–Trinajstić information content (AvgIpc) is 3.18. The Labute approximate surface area is 182 Å². The molecule has 0 radical (unpaired) electrons. The molecular formula is C25H25N3O3. The van der Waals surface area contributed by atoms with Gasteiger partial charge in [-0.25, -0.2) is 4.98 Å². The fourth-order valence-corrected chi connectivity index (χ4v) is 3.81. The van der Waals surface area contributed by atoms with Crippen LogP contribution in [0.15, 0.2) is 79.0 Å². The molecule has 31 heavy (non-hydrogen) atoms. The zero-order valence-corrected chi connectivity index (χ0v) is 17.5. The summed E-state index contributed by atoms with van der Waals surface area (Å²) in [7, 11) is 1.62. The lowest BCUT2D eigenvalue weighted by molar-refractivity contribution is -0.128. The molecular weight excluding hydrogens is 390 g/mol. The summed E-state index contributed by atoms with van der Waals surface area (Å²) in [5, 5.41) is 0. The van der Waals surface area contributed by atoms with Crippen LogP contribution >= 0.6 is 0 Å². The molecule has 6 heteroatoms. The van der Waals surface area contributed by atoms with Gasteiger partial charge in [-0.2, -0.15) is 0 Å². The fourth-order valence-electron chi connectivity index (χ4n) is 3.81. The van der Waals surface area contributed by atoms with E-state index in [0.29, 0.717) is 25.5 Å². The summed E-state index contributed by atoms with van der Waals surface area (Å²) in [4.78, 5) is 33.9. The molecule has 2 aromatic carbocycles. The van der Waals surface area contributed by atoms with Crippen LogP contribution < -0.4 is 9.64 Å². The van der Waals surface area contributed by atoms with Gasteiger partial charge >= 0.3 is 0 Å². The normalized spacial score (nSPS) is 15.7. The van der Waals surface area contributed by atoms with Crippen molar-refractivity contribution >= 4 is 17.6 Å². The van der Waals surface area contributed by atoms with Gasteiger partial charge in [0.25, 0.3) is 0 Å². The van der Waals surface area contributed by atoms with Crippen molar-refractivity contribution in [2.75, 3.05) is 18.6 Å². The predicted molar refractivity (Wildman–Crippen MR) is 118 cm³/mol. The zero-order chi connectivity index (χ0) is 21.6. The van der Waals surface area contributed by atoms with E-state index in [1.165, 1.54) is 0 Å². The molecule has 1 aliphatic heterocycles. The Morgan fingerprint density at radius 3 is 2.45 bits per heavy atom. The highest BCUT2D eigenvalue weighted by Crippen LogP contribution is 2.26. The van der Waals surface area contributed by atoms with E-state index >= 15 is 0 Å². The van der Waals surface area contributed by atoms with Crippen LogP contribution in [0.2, 0.25) is 0 Å². The molecule has 0 spiro atoms. The summed E-state index contributed by atoms with van der Waals surface area (Å²) in [5.74, 6) is 0.872. The molecule has 0 saturated carbocycles. The lowest BCUT2D eigenvalue weighted by atomic mass is 10.1. The second kappa shape index (κ2) is 9.43. The largest absolute Gasteiger partial charge is 0.497 e. The maximum absolute atomic E-state index is 13.5. The number of hydrogen-bond acceptors (Lipinski definition) is 4. The smallest absolute Gasteiger partial charge is 0.233 e. The minimum atomic E-state index is -0.392. The van der Waals surface area contributed by atoms with Crippen LogP contribution in [0.5, 0.6) is 5.75 Å². The van der Waals surface area contributed by atoms with Crippen molar-refractivity contribution in [3.63, 3.8) is 0 Å². The summed E-state index contributed by atoms with van der Waals surface area (Å²) in [6, 6.07) is 23.0. The van der Waals surface area contributed by atoms with Crippen molar-refractivity contribution in [2.24, 2.45) is 5.92 Å². The third-order valence-corrected chi connectivity index (χ3v) is 5.47. The number of carbonyl (C=O) groups excluding carboxylic acids is 2. The molecule has 4 rings (SSSR count). The number of nitrogens with zero attached hydrogens (tertiary/aromatic N) is 3. The van der Waals surface area contributed by atoms with Crippen molar-refractivity contribution in [1.29, 1.82) is 0 Å². The molecule has 1 saturated heterocycles. The maximum atomic E-state index is 13.5. The van der Waals surface area contributed by atoms with Crippen LogP contribution in [0, 0.1) is 5.92 Å². The van der Waals surface area contributed by atoms with Gasteiger partial charge in [0.2, 0.25) is 11.8 Å². The Balaban J connectivity index is 1.52. The molecule has 1 atom stereocenters. The zero-order valence-electron chi connectivity index (χ0n) is 17.5. The van der Waals surface area contributed by atoms with Gasteiger partial charge in [0, 0.05) is 25.7 Å². The van der Waals surface area contributed by atoms with Crippen LogP contribution in [-0.2, 0) is 22.7 Å². The Morgan fingerprint density at radius 2 is 1.77 bits per heavy atom. The molecule has 0 aliphatic carbocycles. The number of ether oxygens (including phenoxy) is 1. The van der Waals surface area contributed by atoms with Crippen LogP contribution in [-0.4, -0.2) is 35.4 Å². The quantitative estimate of drug-likeness (QED) is 0.591. The van der Waals surface area contributed by atoms with Crippen LogP contribution in [0.25, 0.3) is 0 Å². The third-order valence-electron chi connectivity index (χ3n) is 5.47. The van der Waals surface area contributed by atoms with E-state index in [9.17, 15) is 9.59 Å². The van der Waals surface area contributed by atoms with E-state index in [0.717, 1.165) is 16.9 Å². The summed E-state index contributed by atoms with van der Waals surface area (Å²) >= 11 is 0. The van der Waals surface area contributed by atoms with Gasteiger partial charge in [-0.1, -0.05) is 48.5 Å². The average molecular weight is 415 g/mol. The number of hydrogen-bond donors (Lipinski definition) is 0. The van der Waals surface area contributed by atoms with Gasteiger partial charge in [-0.05, 0) is 35.4 Å². The number of likely N-dealkylation sites (tertiary alicyclic amines) is 1. The van der Waals surface area contributed by atoms with Crippen molar-refractivity contribution in [1.82, 2.24) is 9.88 Å². The standard InChI is InChI=1S/C25H25N3O3/c1-31-22-12-10-20(11-13-22)17-28(23-9-5-6-14-26-23)25(30)21-15-24(29)27(18-21)16-19-7-3-2-4-8-19/h2-14,21H,15-18H2,1H3/t21-/m0/s1. The fraction of sp³-hybridized carbons (Fsp3) is 0.240. The van der Waals surface area contributed by atoms with Gasteiger partial charge in [-0.3, -0.25) is 14.5 Å². The summed E-state index contributed by atoms with van der Waals surface area (Å²) in [5.41, 5.74) is 2.02. The number of anilines is 1. The molecule has 1 fully saturated rings. The Morgan fingerprint density at radius 1 is 1.03 bits per heavy atom. The van der Waals surface area contributed by atoms with Gasteiger partial charge in [0.15, 0.2) is 0 Å². The van der Waals surface area contributed by atoms with E-state index in [1.54, 1.807) is 23.1 Å². The van der Waals surface area contributed by atoms with Crippen LogP contribution in [0.3, 0.4) is 0 Å². The van der Waals surface area contributed by atoms with E-state index < -0.39 is 5.92 Å². The lowest BCUT2D eigenvalue weighted by Crippen LogP contribution is -2.37. The van der Waals surface area contributed by atoms with Crippen LogP contribution in [0.1, 0.15) is 17.5 Å². The van der Waals surface area contributed by atoms with E-state index in [2.05, 4.69) is 4.98 Å². The molecule has 1 aromatic heterocycles. The second-order valence-corrected chi connectivity index (χ2v) is 7.62. The van der Waals surface area contributed by atoms with Crippen molar-refractivity contribution in [3.8, 4) is 5.75 Å². The number of benzene rings is 2. The molecule has 1 aliphatic rings. The van der Waals surface area contributed by atoms with Gasteiger partial charge < -0.3 is 9.64 Å². The van der Waals surface area contributed by atoms with E-state index in [-0.39, 0.29) is 18.2 Å². The second-order valence-electron chi connectivity index (χ2n) is 7.62. The molecule has 6 nitrogen and oxygen atoms in total. The molecule has 0 bridgehead atoms. The number of rotatable bonds is 7. The molecule has 0 N–H and O–H groups in total. The topological polar surface area (TPSA) is 62.7 Å². The number of methoxy groups -OCH3 is 1. The third kappa shape index (κ3) is 4.91. The number of aromatic nitrogens is 1. The Hall–Kier alpha value is -3.67. The highest BCUT2D eigenvalue weighted by atomic mass is 16.5. The summed E-state index contributed by atoms with van der Waals surface area (Å²) in [6.45, 7) is 1.31. The minimum absolute atomic E-state index is 0.00706. The number of pyridine rings is 1. The molecule has 158 valence electrons. The van der Waals surface area contributed by atoms with Gasteiger partial charge in [0.05, 0.1) is 19.6 Å². The molecule has 2 amide bonds. The molecule has 3 aromatic rings. The minimum Gasteiger partial charge on any atom is -0.497 e. The SMILES string of the molecule is COc1ccc(CN(C(=O)[C@H]2CC(=O)N(Cc3ccccc3)C2)c2ccccn2)cc1. The first kappa shape index (κ1) is 20.6. The monoisotopic (exact) mass is 415 g/mol. The van der Waals surface area contributed by atoms with Crippen molar-refractivity contribution in [3.05, 3.63) is 90.1 Å². The van der Waals surface area contributed by atoms with Crippen molar-refractivity contribution < 1.29 is 14.3 Å². The summed E-state index contributed by atoms with van der Waals surface area (Å²) in [6.07, 6.45) is 1.89. The highest BCUT2D eigenvalue weighted by molar-refractivity contribution is 5.98. The summed E-state index contributed by atoms with van der Waals surface area (Å²) < 4.78 is 5.22. The predicted octanol–water partition coefficient (Wildman–Crippen LogP) is 3.67. The Kier molecular flexibility index (Phi) is 6.26. The highest BCUT2D eigenvalue weighted by Gasteiger charge is 2.37. The van der Waals surface area contributed by atoms with Crippen molar-refractivity contribution in [2.45, 2.75) is 19.5 Å².